The number of rotatable bonds is 8. The summed E-state index contributed by atoms with van der Waals surface area (Å²) in [6.45, 7) is 6.51. The lowest BCUT2D eigenvalue weighted by molar-refractivity contribution is 0.0505. The van der Waals surface area contributed by atoms with Crippen molar-refractivity contribution in [2.24, 2.45) is 0 Å². The number of fused-ring (bicyclic) bond motifs is 1. The molecule has 0 radical (unpaired) electrons. The number of hydrogen-bond acceptors (Lipinski definition) is 6. The van der Waals surface area contributed by atoms with Gasteiger partial charge in [-0.15, -0.1) is 11.3 Å². The molecule has 8 heteroatoms. The zero-order valence-corrected chi connectivity index (χ0v) is 20.1. The monoisotopic (exact) mass is 467 g/mol. The fourth-order valence-electron chi connectivity index (χ4n) is 3.86. The largest absolute Gasteiger partial charge is 0.471 e. The maximum Gasteiger partial charge on any atom is 0.341 e. The number of esters is 1. The van der Waals surface area contributed by atoms with Gasteiger partial charge >= 0.3 is 5.97 Å². The van der Waals surface area contributed by atoms with Crippen molar-refractivity contribution in [3.8, 4) is 5.75 Å². The van der Waals surface area contributed by atoms with Crippen LogP contribution in [0.25, 0.3) is 0 Å². The number of nitrogens with zero attached hydrogens (tertiary/aromatic N) is 2. The summed E-state index contributed by atoms with van der Waals surface area (Å²) < 4.78 is 12.8. The van der Waals surface area contributed by atoms with Gasteiger partial charge in [0.15, 0.2) is 12.4 Å². The Balaban J connectivity index is 1.47. The van der Waals surface area contributed by atoms with Crippen molar-refractivity contribution in [1.82, 2.24) is 9.78 Å². The SMILES string of the molecule is CCCOC(=O)c1c(NC(=O)c2ccn(COc3cc(C)ccc3C)n2)sc2c1CCCC2. The van der Waals surface area contributed by atoms with Crippen LogP contribution in [0, 0.1) is 13.8 Å². The van der Waals surface area contributed by atoms with Crippen molar-refractivity contribution in [3.05, 3.63) is 63.3 Å². The Bertz CT molecular complexity index is 1160. The summed E-state index contributed by atoms with van der Waals surface area (Å²) in [4.78, 5) is 26.8. The summed E-state index contributed by atoms with van der Waals surface area (Å²) in [7, 11) is 0. The van der Waals surface area contributed by atoms with Crippen LogP contribution < -0.4 is 10.1 Å². The molecule has 2 heterocycles. The highest BCUT2D eigenvalue weighted by atomic mass is 32.1. The molecule has 1 N–H and O–H groups in total. The minimum atomic E-state index is -0.362. The topological polar surface area (TPSA) is 82.5 Å². The average molecular weight is 468 g/mol. The predicted octanol–water partition coefficient (Wildman–Crippen LogP) is 5.30. The maximum absolute atomic E-state index is 12.9. The van der Waals surface area contributed by atoms with Crippen LogP contribution in [0.1, 0.15) is 68.6 Å². The maximum atomic E-state index is 12.9. The molecule has 4 rings (SSSR count). The van der Waals surface area contributed by atoms with Crippen LogP contribution in [-0.4, -0.2) is 28.3 Å². The van der Waals surface area contributed by atoms with E-state index in [1.807, 2.05) is 39.0 Å². The zero-order valence-electron chi connectivity index (χ0n) is 19.3. The minimum absolute atomic E-state index is 0.194. The number of carbonyl (C=O) groups excluding carboxylic acids is 2. The first kappa shape index (κ1) is 23.0. The van der Waals surface area contributed by atoms with E-state index in [9.17, 15) is 9.59 Å². The third kappa shape index (κ3) is 5.27. The quantitative estimate of drug-likeness (QED) is 0.455. The van der Waals surface area contributed by atoms with E-state index in [0.717, 1.165) is 59.4 Å². The van der Waals surface area contributed by atoms with Crippen molar-refractivity contribution < 1.29 is 19.1 Å². The van der Waals surface area contributed by atoms with E-state index in [1.165, 1.54) is 11.3 Å². The Morgan fingerprint density at radius 1 is 1.18 bits per heavy atom. The molecule has 174 valence electrons. The van der Waals surface area contributed by atoms with Gasteiger partial charge in [-0.3, -0.25) is 4.79 Å². The second-order valence-electron chi connectivity index (χ2n) is 8.29. The Morgan fingerprint density at radius 3 is 2.82 bits per heavy atom. The van der Waals surface area contributed by atoms with Crippen molar-refractivity contribution in [1.29, 1.82) is 0 Å². The molecule has 7 nitrogen and oxygen atoms in total. The van der Waals surface area contributed by atoms with Crippen LogP contribution in [-0.2, 0) is 24.3 Å². The molecule has 0 saturated heterocycles. The Morgan fingerprint density at radius 2 is 2.00 bits per heavy atom. The summed E-state index contributed by atoms with van der Waals surface area (Å²) in [6.07, 6.45) is 6.35. The van der Waals surface area contributed by atoms with Gasteiger partial charge < -0.3 is 14.8 Å². The third-order valence-corrected chi connectivity index (χ3v) is 6.82. The van der Waals surface area contributed by atoms with Crippen LogP contribution in [0.2, 0.25) is 0 Å². The molecule has 0 atom stereocenters. The van der Waals surface area contributed by atoms with Crippen LogP contribution in [0.5, 0.6) is 5.75 Å². The Labute approximate surface area is 197 Å². The summed E-state index contributed by atoms with van der Waals surface area (Å²) >= 11 is 1.47. The molecular formula is C25H29N3O4S. The molecule has 0 saturated carbocycles. The van der Waals surface area contributed by atoms with E-state index in [1.54, 1.807) is 16.9 Å². The average Bonchev–Trinajstić information content (AvgIpc) is 3.42. The standard InChI is InChI=1S/C25H29N3O4S/c1-4-13-31-25(30)22-18-7-5-6-8-21(18)33-24(22)26-23(29)19-11-12-28(27-19)15-32-20-14-16(2)9-10-17(20)3/h9-12,14H,4-8,13,15H2,1-3H3,(H,26,29). The number of thiophene rings is 1. The van der Waals surface area contributed by atoms with Gasteiger partial charge in [-0.1, -0.05) is 19.1 Å². The minimum Gasteiger partial charge on any atom is -0.471 e. The van der Waals surface area contributed by atoms with Gasteiger partial charge in [0.05, 0.1) is 12.2 Å². The summed E-state index contributed by atoms with van der Waals surface area (Å²) in [5.41, 5.74) is 3.95. The molecule has 1 aliphatic carbocycles. The van der Waals surface area contributed by atoms with E-state index in [-0.39, 0.29) is 24.3 Å². The Hall–Kier alpha value is -3.13. The van der Waals surface area contributed by atoms with Crippen LogP contribution >= 0.6 is 11.3 Å². The van der Waals surface area contributed by atoms with E-state index in [0.29, 0.717) is 17.2 Å². The van der Waals surface area contributed by atoms with Crippen molar-refractivity contribution in [3.63, 3.8) is 0 Å². The first-order chi connectivity index (χ1) is 16.0. The predicted molar refractivity (Wildman–Crippen MR) is 128 cm³/mol. The number of benzene rings is 1. The molecule has 0 spiro atoms. The second kappa shape index (κ2) is 10.2. The number of hydrogen-bond donors (Lipinski definition) is 1. The molecule has 0 aliphatic heterocycles. The summed E-state index contributed by atoms with van der Waals surface area (Å²) in [5.74, 6) is 0.0681. The van der Waals surface area contributed by atoms with Gasteiger partial charge in [-0.25, -0.2) is 9.48 Å². The van der Waals surface area contributed by atoms with E-state index < -0.39 is 0 Å². The third-order valence-electron chi connectivity index (χ3n) is 5.61. The highest BCUT2D eigenvalue weighted by Gasteiger charge is 2.28. The molecule has 2 aromatic heterocycles. The zero-order chi connectivity index (χ0) is 23.4. The molecule has 33 heavy (non-hydrogen) atoms. The van der Waals surface area contributed by atoms with Crippen LogP contribution in [0.15, 0.2) is 30.5 Å². The fourth-order valence-corrected chi connectivity index (χ4v) is 5.13. The van der Waals surface area contributed by atoms with Crippen molar-refractivity contribution in [2.45, 2.75) is 59.6 Å². The number of aryl methyl sites for hydroxylation is 3. The van der Waals surface area contributed by atoms with Crippen LogP contribution in [0.4, 0.5) is 5.00 Å². The van der Waals surface area contributed by atoms with E-state index >= 15 is 0 Å². The molecule has 1 aliphatic rings. The summed E-state index contributed by atoms with van der Waals surface area (Å²) in [5, 5.41) is 7.80. The first-order valence-corrected chi connectivity index (χ1v) is 12.1. The Kier molecular flexibility index (Phi) is 7.13. The number of aromatic nitrogens is 2. The highest BCUT2D eigenvalue weighted by Crippen LogP contribution is 2.38. The van der Waals surface area contributed by atoms with Gasteiger partial charge in [0, 0.05) is 11.1 Å². The second-order valence-corrected chi connectivity index (χ2v) is 9.39. The number of nitrogens with one attached hydrogen (secondary N) is 1. The van der Waals surface area contributed by atoms with Crippen molar-refractivity contribution >= 4 is 28.2 Å². The molecule has 1 amide bonds. The van der Waals surface area contributed by atoms with E-state index in [2.05, 4.69) is 10.4 Å². The van der Waals surface area contributed by atoms with Crippen LogP contribution in [0.3, 0.4) is 0 Å². The number of ether oxygens (including phenoxy) is 2. The van der Waals surface area contributed by atoms with Gasteiger partial charge in [-0.2, -0.15) is 5.10 Å². The number of amides is 1. The number of anilines is 1. The van der Waals surface area contributed by atoms with Crippen molar-refractivity contribution in [2.75, 3.05) is 11.9 Å². The van der Waals surface area contributed by atoms with E-state index in [4.69, 9.17) is 9.47 Å². The molecule has 3 aromatic rings. The molecule has 0 unspecified atom stereocenters. The molecule has 1 aromatic carbocycles. The lowest BCUT2D eigenvalue weighted by atomic mass is 9.95. The lowest BCUT2D eigenvalue weighted by Crippen LogP contribution is -2.17. The summed E-state index contributed by atoms with van der Waals surface area (Å²) in [6, 6.07) is 7.66. The smallest absolute Gasteiger partial charge is 0.341 e. The van der Waals surface area contributed by atoms with Gasteiger partial charge in [-0.05, 0) is 74.8 Å². The van der Waals surface area contributed by atoms with Gasteiger partial charge in [0.1, 0.15) is 10.8 Å². The van der Waals surface area contributed by atoms with Gasteiger partial charge in [0.25, 0.3) is 5.91 Å². The highest BCUT2D eigenvalue weighted by molar-refractivity contribution is 7.17. The fraction of sp³-hybridized carbons (Fsp3) is 0.400. The first-order valence-electron chi connectivity index (χ1n) is 11.3. The molecular weight excluding hydrogens is 438 g/mol. The number of carbonyl (C=O) groups is 2. The normalized spacial score (nSPS) is 12.8. The van der Waals surface area contributed by atoms with Gasteiger partial charge in [0.2, 0.25) is 0 Å². The molecule has 0 fully saturated rings. The molecule has 0 bridgehead atoms. The lowest BCUT2D eigenvalue weighted by Gasteiger charge is -2.12.